The molecule has 1 aromatic rings. The molecule has 0 unspecified atom stereocenters. The second-order valence-corrected chi connectivity index (χ2v) is 4.88. The molecular weight excluding hydrogens is 248 g/mol. The number of hydrogen-bond donors (Lipinski definition) is 0. The van der Waals surface area contributed by atoms with Crippen LogP contribution in [0.3, 0.4) is 0 Å². The maximum Gasteiger partial charge on any atom is 0.237 e. The van der Waals surface area contributed by atoms with Crippen LogP contribution in [-0.2, 0) is 11.3 Å². The van der Waals surface area contributed by atoms with E-state index >= 15 is 0 Å². The number of amides is 1. The first-order chi connectivity index (χ1) is 8.56. The highest BCUT2D eigenvalue weighted by molar-refractivity contribution is 6.27. The molecule has 0 bridgehead atoms. The van der Waals surface area contributed by atoms with Crippen LogP contribution in [0.25, 0.3) is 0 Å². The third-order valence-electron chi connectivity index (χ3n) is 2.51. The Kier molecular flexibility index (Phi) is 5.67. The van der Waals surface area contributed by atoms with E-state index in [1.165, 1.54) is 0 Å². The molecule has 0 spiro atoms. The predicted octanol–water partition coefficient (Wildman–Crippen LogP) is 2.78. The third-order valence-corrected chi connectivity index (χ3v) is 2.74. The molecule has 0 aromatic heterocycles. The topological polar surface area (TPSA) is 44.1 Å². The van der Waals surface area contributed by atoms with Crippen LogP contribution < -0.4 is 0 Å². The number of alkyl halides is 1. The summed E-state index contributed by atoms with van der Waals surface area (Å²) in [4.78, 5) is 13.5. The number of halogens is 1. The fourth-order valence-electron chi connectivity index (χ4n) is 1.68. The lowest BCUT2D eigenvalue weighted by Gasteiger charge is -2.24. The molecule has 0 saturated carbocycles. The van der Waals surface area contributed by atoms with Crippen molar-refractivity contribution in [3.05, 3.63) is 35.4 Å². The van der Waals surface area contributed by atoms with E-state index in [1.807, 2.05) is 12.1 Å². The van der Waals surface area contributed by atoms with Crippen LogP contribution in [0.4, 0.5) is 0 Å². The second kappa shape index (κ2) is 7.03. The summed E-state index contributed by atoms with van der Waals surface area (Å²) in [5, 5.41) is 8.72. The first-order valence-electron chi connectivity index (χ1n) is 5.89. The molecule has 0 radical (unpaired) electrons. The molecule has 4 heteroatoms. The van der Waals surface area contributed by atoms with E-state index in [1.54, 1.807) is 17.0 Å². The van der Waals surface area contributed by atoms with Crippen LogP contribution in [0.15, 0.2) is 24.3 Å². The first kappa shape index (κ1) is 14.5. The lowest BCUT2D eigenvalue weighted by atomic mass is 10.1. The van der Waals surface area contributed by atoms with Gasteiger partial charge >= 0.3 is 0 Å². The second-order valence-electron chi connectivity index (χ2n) is 4.61. The van der Waals surface area contributed by atoms with Gasteiger partial charge in [-0.25, -0.2) is 0 Å². The lowest BCUT2D eigenvalue weighted by molar-refractivity contribution is -0.129. The highest BCUT2D eigenvalue weighted by Gasteiger charge is 2.14. The summed E-state index contributed by atoms with van der Waals surface area (Å²) in [5.41, 5.74) is 1.63. The first-order valence-corrected chi connectivity index (χ1v) is 6.43. The van der Waals surface area contributed by atoms with E-state index < -0.39 is 0 Å². The minimum Gasteiger partial charge on any atom is -0.337 e. The van der Waals surface area contributed by atoms with Crippen LogP contribution >= 0.6 is 11.6 Å². The van der Waals surface area contributed by atoms with Crippen LogP contribution in [0.1, 0.15) is 25.0 Å². The molecule has 3 nitrogen and oxygen atoms in total. The van der Waals surface area contributed by atoms with Crippen LogP contribution in [-0.4, -0.2) is 23.2 Å². The SMILES string of the molecule is CC(C)CN(Cc1ccc(C#N)cc1)C(=O)CCl. The van der Waals surface area contributed by atoms with Crippen molar-refractivity contribution in [3.63, 3.8) is 0 Å². The molecule has 18 heavy (non-hydrogen) atoms. The number of rotatable bonds is 5. The number of nitrogens with zero attached hydrogens (tertiary/aromatic N) is 2. The minimum atomic E-state index is -0.0604. The number of hydrogen-bond acceptors (Lipinski definition) is 2. The zero-order valence-corrected chi connectivity index (χ0v) is 11.4. The zero-order valence-electron chi connectivity index (χ0n) is 10.7. The maximum absolute atomic E-state index is 11.7. The lowest BCUT2D eigenvalue weighted by Crippen LogP contribution is -2.34. The van der Waals surface area contributed by atoms with Crippen molar-refractivity contribution in [2.75, 3.05) is 12.4 Å². The number of nitriles is 1. The fraction of sp³-hybridized carbons (Fsp3) is 0.429. The molecule has 0 aliphatic heterocycles. The van der Waals surface area contributed by atoms with Crippen molar-refractivity contribution in [3.8, 4) is 6.07 Å². The molecule has 0 aliphatic rings. The molecule has 0 N–H and O–H groups in total. The summed E-state index contributed by atoms with van der Waals surface area (Å²) in [6.45, 7) is 5.35. The van der Waals surface area contributed by atoms with Crippen molar-refractivity contribution in [1.29, 1.82) is 5.26 Å². The Morgan fingerprint density at radius 1 is 1.39 bits per heavy atom. The van der Waals surface area contributed by atoms with Crippen molar-refractivity contribution >= 4 is 17.5 Å². The summed E-state index contributed by atoms with van der Waals surface area (Å²) in [6, 6.07) is 9.32. The maximum atomic E-state index is 11.7. The van der Waals surface area contributed by atoms with Gasteiger partial charge < -0.3 is 4.90 Å². The monoisotopic (exact) mass is 264 g/mol. The van der Waals surface area contributed by atoms with Crippen molar-refractivity contribution in [2.24, 2.45) is 5.92 Å². The number of carbonyl (C=O) groups is 1. The highest BCUT2D eigenvalue weighted by Crippen LogP contribution is 2.10. The van der Waals surface area contributed by atoms with Crippen molar-refractivity contribution in [1.82, 2.24) is 4.90 Å². The molecular formula is C14H17ClN2O. The molecule has 1 rings (SSSR count). The quantitative estimate of drug-likeness (QED) is 0.768. The minimum absolute atomic E-state index is 0.00298. The van der Waals surface area contributed by atoms with E-state index in [-0.39, 0.29) is 11.8 Å². The molecule has 1 aromatic carbocycles. The van der Waals surface area contributed by atoms with Gasteiger partial charge in [0.25, 0.3) is 0 Å². The largest absolute Gasteiger partial charge is 0.337 e. The van der Waals surface area contributed by atoms with Crippen molar-refractivity contribution < 1.29 is 4.79 Å². The average Bonchev–Trinajstić information content (AvgIpc) is 2.37. The summed E-state index contributed by atoms with van der Waals surface area (Å²) in [6.07, 6.45) is 0. The van der Waals surface area contributed by atoms with Gasteiger partial charge in [0, 0.05) is 13.1 Å². The Hall–Kier alpha value is -1.53. The van der Waals surface area contributed by atoms with Crippen LogP contribution in [0.5, 0.6) is 0 Å². The molecule has 1 amide bonds. The van der Waals surface area contributed by atoms with Gasteiger partial charge in [0.2, 0.25) is 5.91 Å². The van der Waals surface area contributed by atoms with Crippen LogP contribution in [0, 0.1) is 17.2 Å². The molecule has 0 saturated heterocycles. The average molecular weight is 265 g/mol. The van der Waals surface area contributed by atoms with Gasteiger partial charge in [-0.2, -0.15) is 5.26 Å². The van der Waals surface area contributed by atoms with E-state index in [0.29, 0.717) is 24.6 Å². The highest BCUT2D eigenvalue weighted by atomic mass is 35.5. The Morgan fingerprint density at radius 3 is 2.44 bits per heavy atom. The van der Waals surface area contributed by atoms with E-state index in [0.717, 1.165) is 5.56 Å². The van der Waals surface area contributed by atoms with Gasteiger partial charge in [-0.05, 0) is 23.6 Å². The standard InChI is InChI=1S/C14H17ClN2O/c1-11(2)9-17(14(18)7-15)10-13-5-3-12(8-16)4-6-13/h3-6,11H,7,9-10H2,1-2H3. The normalized spacial score (nSPS) is 10.2. The van der Waals surface area contributed by atoms with Crippen molar-refractivity contribution in [2.45, 2.75) is 20.4 Å². The smallest absolute Gasteiger partial charge is 0.237 e. The van der Waals surface area contributed by atoms with Gasteiger partial charge in [-0.1, -0.05) is 26.0 Å². The molecule has 0 fully saturated rings. The Morgan fingerprint density at radius 2 is 2.00 bits per heavy atom. The molecule has 96 valence electrons. The van der Waals surface area contributed by atoms with Gasteiger partial charge in [0.05, 0.1) is 11.6 Å². The van der Waals surface area contributed by atoms with E-state index in [2.05, 4.69) is 19.9 Å². The Bertz CT molecular complexity index is 434. The number of benzene rings is 1. The molecule has 0 aliphatic carbocycles. The van der Waals surface area contributed by atoms with Gasteiger partial charge in [-0.3, -0.25) is 4.79 Å². The summed E-state index contributed by atoms with van der Waals surface area (Å²) in [7, 11) is 0. The zero-order chi connectivity index (χ0) is 13.5. The van der Waals surface area contributed by atoms with E-state index in [9.17, 15) is 4.79 Å². The van der Waals surface area contributed by atoms with E-state index in [4.69, 9.17) is 16.9 Å². The molecule has 0 atom stereocenters. The fourth-order valence-corrected chi connectivity index (χ4v) is 1.85. The van der Waals surface area contributed by atoms with Gasteiger partial charge in [0.15, 0.2) is 0 Å². The van der Waals surface area contributed by atoms with Gasteiger partial charge in [-0.15, -0.1) is 11.6 Å². The summed E-state index contributed by atoms with van der Waals surface area (Å²) in [5.74, 6) is 0.341. The Balaban J connectivity index is 2.75. The van der Waals surface area contributed by atoms with Crippen LogP contribution in [0.2, 0.25) is 0 Å². The van der Waals surface area contributed by atoms with Gasteiger partial charge in [0.1, 0.15) is 5.88 Å². The Labute approximate surface area is 113 Å². The number of carbonyl (C=O) groups excluding carboxylic acids is 1. The predicted molar refractivity (Wildman–Crippen MR) is 72.1 cm³/mol. The third kappa shape index (κ3) is 4.38. The summed E-state index contributed by atoms with van der Waals surface area (Å²) >= 11 is 5.61. The summed E-state index contributed by atoms with van der Waals surface area (Å²) < 4.78 is 0. The molecule has 0 heterocycles.